The van der Waals surface area contributed by atoms with Crippen LogP contribution in [0.25, 0.3) is 22.2 Å². The summed E-state index contributed by atoms with van der Waals surface area (Å²) in [5.41, 5.74) is 3.23. The van der Waals surface area contributed by atoms with Crippen molar-refractivity contribution < 1.29 is 9.53 Å². The minimum atomic E-state index is -0.0516. The number of amides is 1. The van der Waals surface area contributed by atoms with E-state index in [4.69, 9.17) is 9.72 Å². The van der Waals surface area contributed by atoms with Crippen LogP contribution in [0, 0.1) is 0 Å². The molecule has 3 aromatic rings. The van der Waals surface area contributed by atoms with Crippen LogP contribution in [0.3, 0.4) is 0 Å². The second-order valence-corrected chi connectivity index (χ2v) is 6.14. The largest absolute Gasteiger partial charge is 0.494 e. The third-order valence-corrected chi connectivity index (χ3v) is 4.24. The Kier molecular flexibility index (Phi) is 5.84. The smallest absolute Gasteiger partial charge is 0.252 e. The first-order valence-electron chi connectivity index (χ1n) is 9.14. The van der Waals surface area contributed by atoms with E-state index >= 15 is 0 Å². The summed E-state index contributed by atoms with van der Waals surface area (Å²) >= 11 is 0. The van der Waals surface area contributed by atoms with Gasteiger partial charge in [-0.25, -0.2) is 4.98 Å². The van der Waals surface area contributed by atoms with Gasteiger partial charge in [-0.05, 0) is 49.7 Å². The molecule has 0 spiro atoms. The van der Waals surface area contributed by atoms with Crippen molar-refractivity contribution in [3.8, 4) is 17.0 Å². The molecule has 0 saturated heterocycles. The first-order chi connectivity index (χ1) is 12.7. The molecule has 4 heteroatoms. The van der Waals surface area contributed by atoms with Gasteiger partial charge in [-0.1, -0.05) is 31.5 Å². The lowest BCUT2D eigenvalue weighted by molar-refractivity contribution is 0.0955. The quantitative estimate of drug-likeness (QED) is 0.622. The van der Waals surface area contributed by atoms with Gasteiger partial charge < -0.3 is 10.1 Å². The summed E-state index contributed by atoms with van der Waals surface area (Å²) in [4.78, 5) is 17.4. The van der Waals surface area contributed by atoms with E-state index in [1.807, 2.05) is 61.5 Å². The van der Waals surface area contributed by atoms with Gasteiger partial charge in [0.25, 0.3) is 5.91 Å². The molecule has 134 valence electrons. The Bertz CT molecular complexity index is 888. The molecule has 26 heavy (non-hydrogen) atoms. The summed E-state index contributed by atoms with van der Waals surface area (Å²) in [5, 5.41) is 3.88. The molecular formula is C22H24N2O2. The van der Waals surface area contributed by atoms with Crippen LogP contribution in [0.4, 0.5) is 0 Å². The average Bonchev–Trinajstić information content (AvgIpc) is 2.68. The number of carbonyl (C=O) groups excluding carboxylic acids is 1. The number of ether oxygens (including phenoxy) is 1. The third kappa shape index (κ3) is 4.02. The number of unbranched alkanes of at least 4 members (excludes halogenated alkanes) is 1. The van der Waals surface area contributed by atoms with Gasteiger partial charge in [-0.3, -0.25) is 4.79 Å². The molecular weight excluding hydrogens is 324 g/mol. The van der Waals surface area contributed by atoms with Crippen molar-refractivity contribution in [2.75, 3.05) is 13.2 Å². The molecule has 1 N–H and O–H groups in total. The number of para-hydroxylation sites is 1. The van der Waals surface area contributed by atoms with Crippen molar-refractivity contribution in [3.05, 3.63) is 60.2 Å². The zero-order chi connectivity index (χ0) is 18.4. The lowest BCUT2D eigenvalue weighted by Gasteiger charge is -2.11. The number of carbonyl (C=O) groups is 1. The predicted molar refractivity (Wildman–Crippen MR) is 106 cm³/mol. The fourth-order valence-corrected chi connectivity index (χ4v) is 2.87. The van der Waals surface area contributed by atoms with Crippen LogP contribution in [0.15, 0.2) is 54.6 Å². The molecule has 0 aliphatic carbocycles. The molecule has 4 nitrogen and oxygen atoms in total. The molecule has 1 aromatic heterocycles. The van der Waals surface area contributed by atoms with Gasteiger partial charge in [0.1, 0.15) is 5.75 Å². The van der Waals surface area contributed by atoms with Crippen LogP contribution in [-0.2, 0) is 0 Å². The number of aromatic nitrogens is 1. The molecule has 3 rings (SSSR count). The van der Waals surface area contributed by atoms with E-state index in [2.05, 4.69) is 12.2 Å². The van der Waals surface area contributed by atoms with Gasteiger partial charge in [-0.2, -0.15) is 0 Å². The van der Waals surface area contributed by atoms with Crippen molar-refractivity contribution in [1.29, 1.82) is 0 Å². The highest BCUT2D eigenvalue weighted by Crippen LogP contribution is 2.26. The monoisotopic (exact) mass is 348 g/mol. The fraction of sp³-hybridized carbons (Fsp3) is 0.273. The summed E-state index contributed by atoms with van der Waals surface area (Å²) in [7, 11) is 0. The number of nitrogens with zero attached hydrogens (tertiary/aromatic N) is 1. The Hall–Kier alpha value is -2.88. The Morgan fingerprint density at radius 1 is 1.08 bits per heavy atom. The molecule has 0 aliphatic heterocycles. The van der Waals surface area contributed by atoms with Crippen molar-refractivity contribution in [2.24, 2.45) is 0 Å². The predicted octanol–water partition coefficient (Wildman–Crippen LogP) is 4.83. The lowest BCUT2D eigenvalue weighted by Crippen LogP contribution is -2.24. The number of fused-ring (bicyclic) bond motifs is 1. The zero-order valence-electron chi connectivity index (χ0n) is 15.3. The normalized spacial score (nSPS) is 10.7. The lowest BCUT2D eigenvalue weighted by atomic mass is 10.0. The second-order valence-electron chi connectivity index (χ2n) is 6.14. The summed E-state index contributed by atoms with van der Waals surface area (Å²) in [6.45, 7) is 5.39. The summed E-state index contributed by atoms with van der Waals surface area (Å²) in [6.07, 6.45) is 2.02. The maximum absolute atomic E-state index is 12.7. The molecule has 0 aliphatic rings. The molecule has 1 heterocycles. The maximum atomic E-state index is 12.7. The number of rotatable bonds is 7. The van der Waals surface area contributed by atoms with Crippen molar-refractivity contribution in [3.63, 3.8) is 0 Å². The number of hydrogen-bond acceptors (Lipinski definition) is 3. The number of hydrogen-bond donors (Lipinski definition) is 1. The molecule has 0 bridgehead atoms. The summed E-state index contributed by atoms with van der Waals surface area (Å²) in [5.74, 6) is 0.777. The minimum Gasteiger partial charge on any atom is -0.494 e. The van der Waals surface area contributed by atoms with E-state index in [1.165, 1.54) is 0 Å². The van der Waals surface area contributed by atoms with Gasteiger partial charge in [0, 0.05) is 17.5 Å². The zero-order valence-corrected chi connectivity index (χ0v) is 15.3. The van der Waals surface area contributed by atoms with E-state index in [0.29, 0.717) is 18.7 Å². The van der Waals surface area contributed by atoms with Crippen LogP contribution >= 0.6 is 0 Å². The third-order valence-electron chi connectivity index (χ3n) is 4.24. The highest BCUT2D eigenvalue weighted by atomic mass is 16.5. The van der Waals surface area contributed by atoms with Gasteiger partial charge in [0.05, 0.1) is 23.4 Å². The average molecular weight is 348 g/mol. The molecule has 0 unspecified atom stereocenters. The standard InChI is InChI=1S/C22H24N2O2/c1-3-5-14-23-22(25)19-15-21(24-20-9-7-6-8-18(19)20)16-10-12-17(13-11-16)26-4-2/h6-13,15H,3-5,14H2,1-2H3,(H,23,25). The van der Waals surface area contributed by atoms with Crippen LogP contribution < -0.4 is 10.1 Å². The summed E-state index contributed by atoms with van der Waals surface area (Å²) < 4.78 is 5.50. The maximum Gasteiger partial charge on any atom is 0.252 e. The topological polar surface area (TPSA) is 51.2 Å². The molecule has 0 saturated carbocycles. The van der Waals surface area contributed by atoms with Crippen molar-refractivity contribution in [2.45, 2.75) is 26.7 Å². The Morgan fingerprint density at radius 3 is 2.58 bits per heavy atom. The van der Waals surface area contributed by atoms with Crippen LogP contribution in [0.5, 0.6) is 5.75 Å². The highest BCUT2D eigenvalue weighted by Gasteiger charge is 2.13. The molecule has 2 aromatic carbocycles. The molecule has 0 radical (unpaired) electrons. The van der Waals surface area contributed by atoms with Gasteiger partial charge in [0.15, 0.2) is 0 Å². The van der Waals surface area contributed by atoms with Crippen LogP contribution in [0.2, 0.25) is 0 Å². The first-order valence-corrected chi connectivity index (χ1v) is 9.14. The number of benzene rings is 2. The van der Waals surface area contributed by atoms with Crippen molar-refractivity contribution >= 4 is 16.8 Å². The summed E-state index contributed by atoms with van der Waals surface area (Å²) in [6, 6.07) is 17.4. The SMILES string of the molecule is CCCCNC(=O)c1cc(-c2ccc(OCC)cc2)nc2ccccc12. The minimum absolute atomic E-state index is 0.0516. The van der Waals surface area contributed by atoms with Crippen molar-refractivity contribution in [1.82, 2.24) is 10.3 Å². The van der Waals surface area contributed by atoms with Gasteiger partial charge >= 0.3 is 0 Å². The second kappa shape index (κ2) is 8.48. The van der Waals surface area contributed by atoms with E-state index in [0.717, 1.165) is 40.8 Å². The Balaban J connectivity index is 1.99. The Morgan fingerprint density at radius 2 is 1.85 bits per heavy atom. The van der Waals surface area contributed by atoms with E-state index in [9.17, 15) is 4.79 Å². The Labute approximate surface area is 154 Å². The first kappa shape index (κ1) is 17.9. The molecule has 0 atom stereocenters. The van der Waals surface area contributed by atoms with Gasteiger partial charge in [-0.15, -0.1) is 0 Å². The van der Waals surface area contributed by atoms with Crippen LogP contribution in [-0.4, -0.2) is 24.0 Å². The van der Waals surface area contributed by atoms with E-state index < -0.39 is 0 Å². The highest BCUT2D eigenvalue weighted by molar-refractivity contribution is 6.07. The van der Waals surface area contributed by atoms with Gasteiger partial charge in [0.2, 0.25) is 0 Å². The molecule has 1 amide bonds. The number of nitrogens with one attached hydrogen (secondary N) is 1. The van der Waals surface area contributed by atoms with E-state index in [-0.39, 0.29) is 5.91 Å². The number of pyridine rings is 1. The molecule has 0 fully saturated rings. The van der Waals surface area contributed by atoms with Crippen LogP contribution in [0.1, 0.15) is 37.0 Å². The van der Waals surface area contributed by atoms with E-state index in [1.54, 1.807) is 0 Å². The fourth-order valence-electron chi connectivity index (χ4n) is 2.87.